The van der Waals surface area contributed by atoms with Gasteiger partial charge >= 0.3 is 0 Å². The van der Waals surface area contributed by atoms with Crippen LogP contribution < -0.4 is 10.1 Å². The van der Waals surface area contributed by atoms with Crippen molar-refractivity contribution in [1.82, 2.24) is 10.2 Å². The van der Waals surface area contributed by atoms with E-state index in [0.717, 1.165) is 31.8 Å². The van der Waals surface area contributed by atoms with Gasteiger partial charge in [0.1, 0.15) is 11.9 Å². The molecule has 0 aliphatic carbocycles. The van der Waals surface area contributed by atoms with Crippen molar-refractivity contribution in [3.05, 3.63) is 29.3 Å². The second-order valence-corrected chi connectivity index (χ2v) is 5.41. The van der Waals surface area contributed by atoms with Crippen molar-refractivity contribution >= 4 is 0 Å². The van der Waals surface area contributed by atoms with E-state index in [9.17, 15) is 0 Å². The molecule has 18 heavy (non-hydrogen) atoms. The van der Waals surface area contributed by atoms with Crippen molar-refractivity contribution in [2.75, 3.05) is 27.2 Å². The minimum absolute atomic E-state index is 0.336. The molecule has 0 bridgehead atoms. The van der Waals surface area contributed by atoms with E-state index in [2.05, 4.69) is 49.4 Å². The fraction of sp³-hybridized carbons (Fsp3) is 0.600. The van der Waals surface area contributed by atoms with Crippen molar-refractivity contribution in [2.45, 2.75) is 32.4 Å². The second-order valence-electron chi connectivity index (χ2n) is 5.41. The van der Waals surface area contributed by atoms with Crippen LogP contribution in [0.3, 0.4) is 0 Å². The van der Waals surface area contributed by atoms with Gasteiger partial charge in [-0.2, -0.15) is 0 Å². The highest BCUT2D eigenvalue weighted by Crippen LogP contribution is 2.29. The zero-order chi connectivity index (χ0) is 13.0. The minimum Gasteiger partial charge on any atom is -0.490 e. The smallest absolute Gasteiger partial charge is 0.123 e. The van der Waals surface area contributed by atoms with Gasteiger partial charge in [0.25, 0.3) is 0 Å². The van der Waals surface area contributed by atoms with E-state index >= 15 is 0 Å². The summed E-state index contributed by atoms with van der Waals surface area (Å²) in [7, 11) is 4.23. The number of rotatable bonds is 6. The number of nitrogens with one attached hydrogen (secondary N) is 1. The Labute approximate surface area is 110 Å². The van der Waals surface area contributed by atoms with E-state index < -0.39 is 0 Å². The third kappa shape index (κ3) is 3.72. The summed E-state index contributed by atoms with van der Waals surface area (Å²) in [5.74, 6) is 1.07. The van der Waals surface area contributed by atoms with Crippen molar-refractivity contribution in [1.29, 1.82) is 0 Å². The lowest BCUT2D eigenvalue weighted by Gasteiger charge is -2.10. The first kappa shape index (κ1) is 13.4. The Morgan fingerprint density at radius 2 is 2.22 bits per heavy atom. The molecule has 0 amide bonds. The molecule has 1 aromatic carbocycles. The van der Waals surface area contributed by atoms with Crippen LogP contribution in [0.25, 0.3) is 0 Å². The number of benzene rings is 1. The fourth-order valence-corrected chi connectivity index (χ4v) is 2.34. The maximum absolute atomic E-state index is 5.71. The lowest BCUT2D eigenvalue weighted by Crippen LogP contribution is -2.21. The van der Waals surface area contributed by atoms with Gasteiger partial charge in [0.15, 0.2) is 0 Å². The molecule has 2 rings (SSSR count). The van der Waals surface area contributed by atoms with Gasteiger partial charge in [0, 0.05) is 13.0 Å². The second kappa shape index (κ2) is 6.21. The molecule has 0 radical (unpaired) electrons. The average Bonchev–Trinajstić information content (AvgIpc) is 2.67. The molecule has 0 spiro atoms. The van der Waals surface area contributed by atoms with E-state index in [1.54, 1.807) is 0 Å². The Hall–Kier alpha value is -1.06. The lowest BCUT2D eigenvalue weighted by molar-refractivity contribution is 0.254. The van der Waals surface area contributed by atoms with Gasteiger partial charge in [-0.25, -0.2) is 0 Å². The van der Waals surface area contributed by atoms with Crippen molar-refractivity contribution in [3.8, 4) is 5.75 Å². The third-order valence-electron chi connectivity index (χ3n) is 3.25. The predicted molar refractivity (Wildman–Crippen MR) is 75.1 cm³/mol. The Morgan fingerprint density at radius 1 is 1.39 bits per heavy atom. The first-order valence-electron chi connectivity index (χ1n) is 6.79. The van der Waals surface area contributed by atoms with Crippen molar-refractivity contribution in [3.63, 3.8) is 0 Å². The summed E-state index contributed by atoms with van der Waals surface area (Å²) in [5, 5.41) is 3.49. The van der Waals surface area contributed by atoms with Crippen LogP contribution in [0.2, 0.25) is 0 Å². The molecule has 0 fully saturated rings. The van der Waals surface area contributed by atoms with Crippen LogP contribution in [0.1, 0.15) is 24.5 Å². The maximum Gasteiger partial charge on any atom is 0.123 e. The highest BCUT2D eigenvalue weighted by molar-refractivity contribution is 5.40. The van der Waals surface area contributed by atoms with Gasteiger partial charge in [-0.15, -0.1) is 0 Å². The number of fused-ring (bicyclic) bond motifs is 1. The Kier molecular flexibility index (Phi) is 4.61. The maximum atomic E-state index is 5.71. The summed E-state index contributed by atoms with van der Waals surface area (Å²) in [6.07, 6.45) is 2.57. The molecule has 0 saturated heterocycles. The highest BCUT2D eigenvalue weighted by Gasteiger charge is 2.18. The standard InChI is InChI=1S/C15H24N2O/c1-12-9-14-10-13(5-6-15(14)18-12)11-16-7-4-8-17(2)3/h5-6,10,12,16H,4,7-9,11H2,1-3H3. The summed E-state index contributed by atoms with van der Waals surface area (Å²) in [4.78, 5) is 2.22. The van der Waals surface area contributed by atoms with Gasteiger partial charge in [0.05, 0.1) is 0 Å². The molecule has 0 aromatic heterocycles. The van der Waals surface area contributed by atoms with E-state index in [4.69, 9.17) is 4.74 Å². The molecule has 1 N–H and O–H groups in total. The van der Waals surface area contributed by atoms with Gasteiger partial charge in [-0.1, -0.05) is 12.1 Å². The van der Waals surface area contributed by atoms with E-state index in [-0.39, 0.29) is 0 Å². The summed E-state index contributed by atoms with van der Waals surface area (Å²) >= 11 is 0. The lowest BCUT2D eigenvalue weighted by atomic mass is 10.1. The first-order valence-corrected chi connectivity index (χ1v) is 6.79. The largest absolute Gasteiger partial charge is 0.490 e. The van der Waals surface area contributed by atoms with E-state index in [1.807, 2.05) is 0 Å². The summed E-state index contributed by atoms with van der Waals surface area (Å²) < 4.78 is 5.71. The molecular weight excluding hydrogens is 224 g/mol. The van der Waals surface area contributed by atoms with Crippen molar-refractivity contribution < 1.29 is 4.74 Å². The molecule has 1 atom stereocenters. The SMILES string of the molecule is CC1Cc2cc(CNCCCN(C)C)ccc2O1. The average molecular weight is 248 g/mol. The van der Waals surface area contributed by atoms with Crippen LogP contribution >= 0.6 is 0 Å². The van der Waals surface area contributed by atoms with Gasteiger partial charge < -0.3 is 15.0 Å². The van der Waals surface area contributed by atoms with Crippen molar-refractivity contribution in [2.24, 2.45) is 0 Å². The van der Waals surface area contributed by atoms with E-state index in [0.29, 0.717) is 6.10 Å². The van der Waals surface area contributed by atoms with Crippen LogP contribution in [0.5, 0.6) is 5.75 Å². The fourth-order valence-electron chi connectivity index (χ4n) is 2.34. The Bertz CT molecular complexity index is 390. The molecule has 1 heterocycles. The van der Waals surface area contributed by atoms with E-state index in [1.165, 1.54) is 17.5 Å². The Morgan fingerprint density at radius 3 is 3.00 bits per heavy atom. The minimum atomic E-state index is 0.336. The van der Waals surface area contributed by atoms with Crippen LogP contribution in [-0.4, -0.2) is 38.2 Å². The normalized spacial score (nSPS) is 17.9. The molecule has 1 aliphatic rings. The first-order chi connectivity index (χ1) is 8.65. The third-order valence-corrected chi connectivity index (χ3v) is 3.25. The number of nitrogens with zero attached hydrogens (tertiary/aromatic N) is 1. The molecular formula is C15H24N2O. The molecule has 1 aliphatic heterocycles. The summed E-state index contributed by atoms with van der Waals surface area (Å²) in [6, 6.07) is 6.54. The highest BCUT2D eigenvalue weighted by atomic mass is 16.5. The molecule has 0 saturated carbocycles. The number of hydrogen-bond acceptors (Lipinski definition) is 3. The van der Waals surface area contributed by atoms with Gasteiger partial charge in [0.2, 0.25) is 0 Å². The molecule has 3 nitrogen and oxygen atoms in total. The van der Waals surface area contributed by atoms with Crippen LogP contribution in [0, 0.1) is 0 Å². The van der Waals surface area contributed by atoms with Gasteiger partial charge in [-0.3, -0.25) is 0 Å². The summed E-state index contributed by atoms with van der Waals surface area (Å²) in [5.41, 5.74) is 2.71. The topological polar surface area (TPSA) is 24.5 Å². The van der Waals surface area contributed by atoms with Crippen LogP contribution in [-0.2, 0) is 13.0 Å². The van der Waals surface area contributed by atoms with Gasteiger partial charge in [-0.05, 0) is 57.7 Å². The van der Waals surface area contributed by atoms with Crippen LogP contribution in [0.4, 0.5) is 0 Å². The molecule has 1 aromatic rings. The monoisotopic (exact) mass is 248 g/mol. The molecule has 100 valence electrons. The summed E-state index contributed by atoms with van der Waals surface area (Å²) in [6.45, 7) is 5.29. The number of hydrogen-bond donors (Lipinski definition) is 1. The number of ether oxygens (including phenoxy) is 1. The van der Waals surface area contributed by atoms with Crippen LogP contribution in [0.15, 0.2) is 18.2 Å². The molecule has 3 heteroatoms. The zero-order valence-corrected chi connectivity index (χ0v) is 11.7. The zero-order valence-electron chi connectivity index (χ0n) is 11.7. The predicted octanol–water partition coefficient (Wildman–Crippen LogP) is 2.05. The Balaban J connectivity index is 1.76. The molecule has 1 unspecified atom stereocenters. The quantitative estimate of drug-likeness (QED) is 0.780.